The zero-order valence-electron chi connectivity index (χ0n) is 10.5. The molecule has 1 fully saturated rings. The van der Waals surface area contributed by atoms with Gasteiger partial charge in [0, 0.05) is 13.2 Å². The van der Waals surface area contributed by atoms with Crippen LogP contribution in [-0.2, 0) is 14.8 Å². The summed E-state index contributed by atoms with van der Waals surface area (Å²) >= 11 is 5.71. The second kappa shape index (κ2) is 6.09. The van der Waals surface area contributed by atoms with Crippen LogP contribution in [0.1, 0.15) is 16.8 Å². The Bertz CT molecular complexity index is 610. The molecular weight excluding hydrogens is 306 g/mol. The van der Waals surface area contributed by atoms with Gasteiger partial charge in [-0.2, -0.15) is 0 Å². The zero-order chi connectivity index (χ0) is 14.8. The lowest BCUT2D eigenvalue weighted by Gasteiger charge is -2.11. The quantitative estimate of drug-likeness (QED) is 0.854. The van der Waals surface area contributed by atoms with Crippen molar-refractivity contribution in [3.63, 3.8) is 0 Å². The summed E-state index contributed by atoms with van der Waals surface area (Å²) in [5.74, 6) is -1.12. The molecule has 0 spiro atoms. The third kappa shape index (κ3) is 3.49. The van der Waals surface area contributed by atoms with E-state index >= 15 is 0 Å². The summed E-state index contributed by atoms with van der Waals surface area (Å²) < 4.78 is 31.8. The maximum absolute atomic E-state index is 12.1. The maximum atomic E-state index is 12.1. The highest BCUT2D eigenvalue weighted by molar-refractivity contribution is 7.89. The van der Waals surface area contributed by atoms with E-state index in [-0.39, 0.29) is 27.9 Å². The second-order valence-electron chi connectivity index (χ2n) is 4.53. The Morgan fingerprint density at radius 3 is 2.85 bits per heavy atom. The zero-order valence-corrected chi connectivity index (χ0v) is 12.1. The number of carboxylic acids is 1. The molecule has 1 aromatic rings. The summed E-state index contributed by atoms with van der Waals surface area (Å²) in [4.78, 5) is 10.8. The Morgan fingerprint density at radius 2 is 2.25 bits per heavy atom. The Balaban J connectivity index is 2.16. The Labute approximate surface area is 121 Å². The molecule has 6 nitrogen and oxygen atoms in total. The molecule has 0 aliphatic carbocycles. The van der Waals surface area contributed by atoms with Crippen LogP contribution in [0.5, 0.6) is 0 Å². The minimum atomic E-state index is -3.75. The minimum absolute atomic E-state index is 0.000595. The molecule has 0 aromatic heterocycles. The number of benzene rings is 1. The molecule has 0 bridgehead atoms. The first-order valence-electron chi connectivity index (χ1n) is 6.00. The normalized spacial score (nSPS) is 19.1. The number of aromatic carboxylic acids is 1. The number of carbonyl (C=O) groups is 1. The Kier molecular flexibility index (Phi) is 4.64. The molecule has 0 amide bonds. The topological polar surface area (TPSA) is 92.7 Å². The van der Waals surface area contributed by atoms with Crippen molar-refractivity contribution in [2.24, 2.45) is 5.92 Å². The summed E-state index contributed by atoms with van der Waals surface area (Å²) in [7, 11) is -3.75. The van der Waals surface area contributed by atoms with Crippen molar-refractivity contribution in [3.05, 3.63) is 28.8 Å². The van der Waals surface area contributed by atoms with Crippen LogP contribution < -0.4 is 4.72 Å². The van der Waals surface area contributed by atoms with Gasteiger partial charge in [-0.1, -0.05) is 11.6 Å². The summed E-state index contributed by atoms with van der Waals surface area (Å²) in [6.45, 7) is 1.44. The van der Waals surface area contributed by atoms with Crippen LogP contribution in [0.25, 0.3) is 0 Å². The van der Waals surface area contributed by atoms with Gasteiger partial charge in [0.2, 0.25) is 10.0 Å². The number of hydrogen-bond acceptors (Lipinski definition) is 4. The summed E-state index contributed by atoms with van der Waals surface area (Å²) in [6.07, 6.45) is 0.809. The molecular formula is C12H14ClNO5S. The second-order valence-corrected chi connectivity index (χ2v) is 6.70. The highest BCUT2D eigenvalue weighted by atomic mass is 35.5. The van der Waals surface area contributed by atoms with E-state index in [4.69, 9.17) is 21.4 Å². The third-order valence-electron chi connectivity index (χ3n) is 3.06. The average Bonchev–Trinajstić information content (AvgIpc) is 2.89. The number of sulfonamides is 1. The lowest BCUT2D eigenvalue weighted by atomic mass is 10.1. The molecule has 110 valence electrons. The van der Waals surface area contributed by atoms with Gasteiger partial charge in [0.15, 0.2) is 0 Å². The van der Waals surface area contributed by atoms with Crippen LogP contribution in [0, 0.1) is 5.92 Å². The molecule has 0 radical (unpaired) electrons. The Hall–Kier alpha value is -1.15. The van der Waals surface area contributed by atoms with Crippen LogP contribution >= 0.6 is 11.6 Å². The first-order chi connectivity index (χ1) is 9.40. The molecule has 0 saturated carbocycles. The number of hydrogen-bond donors (Lipinski definition) is 2. The van der Waals surface area contributed by atoms with E-state index in [2.05, 4.69) is 4.72 Å². The number of rotatable bonds is 5. The Morgan fingerprint density at radius 1 is 1.50 bits per heavy atom. The first-order valence-corrected chi connectivity index (χ1v) is 7.86. The van der Waals surface area contributed by atoms with Crippen molar-refractivity contribution in [1.82, 2.24) is 4.72 Å². The first kappa shape index (κ1) is 15.2. The van der Waals surface area contributed by atoms with Gasteiger partial charge in [0.1, 0.15) is 0 Å². The third-order valence-corrected chi connectivity index (χ3v) is 4.82. The van der Waals surface area contributed by atoms with Gasteiger partial charge in [-0.3, -0.25) is 0 Å². The largest absolute Gasteiger partial charge is 0.478 e. The van der Waals surface area contributed by atoms with Crippen LogP contribution in [0.4, 0.5) is 0 Å². The van der Waals surface area contributed by atoms with Gasteiger partial charge in [-0.15, -0.1) is 0 Å². The van der Waals surface area contributed by atoms with E-state index in [1.54, 1.807) is 0 Å². The molecule has 1 aromatic carbocycles. The standard InChI is InChI=1S/C12H14ClNO5S/c13-11-2-1-9(5-10(11)12(15)16)20(17,18)14-6-8-3-4-19-7-8/h1-2,5,8,14H,3-4,6-7H2,(H,15,16). The SMILES string of the molecule is O=C(O)c1cc(S(=O)(=O)NCC2CCOC2)ccc1Cl. The highest BCUT2D eigenvalue weighted by Gasteiger charge is 2.21. The predicted octanol–water partition coefficient (Wildman–Crippen LogP) is 1.35. The number of halogens is 1. The van der Waals surface area contributed by atoms with Gasteiger partial charge in [-0.05, 0) is 30.5 Å². The molecule has 1 aliphatic heterocycles. The van der Waals surface area contributed by atoms with Crippen LogP contribution in [-0.4, -0.2) is 39.3 Å². The van der Waals surface area contributed by atoms with E-state index in [1.807, 2.05) is 0 Å². The van der Waals surface area contributed by atoms with Crippen molar-refractivity contribution in [2.45, 2.75) is 11.3 Å². The van der Waals surface area contributed by atoms with Crippen LogP contribution in [0.15, 0.2) is 23.1 Å². The number of ether oxygens (including phenoxy) is 1. The molecule has 2 rings (SSSR count). The van der Waals surface area contributed by atoms with E-state index in [1.165, 1.54) is 12.1 Å². The highest BCUT2D eigenvalue weighted by Crippen LogP contribution is 2.21. The van der Waals surface area contributed by atoms with Gasteiger partial charge in [0.05, 0.1) is 22.1 Å². The molecule has 2 N–H and O–H groups in total. The van der Waals surface area contributed by atoms with Crippen molar-refractivity contribution in [1.29, 1.82) is 0 Å². The van der Waals surface area contributed by atoms with Gasteiger partial charge < -0.3 is 9.84 Å². The summed E-state index contributed by atoms with van der Waals surface area (Å²) in [5.41, 5.74) is -0.237. The number of nitrogens with one attached hydrogen (secondary N) is 1. The molecule has 8 heteroatoms. The predicted molar refractivity (Wildman–Crippen MR) is 72.5 cm³/mol. The smallest absolute Gasteiger partial charge is 0.337 e. The van der Waals surface area contributed by atoms with Gasteiger partial charge in [0.25, 0.3) is 0 Å². The van der Waals surface area contributed by atoms with E-state index in [0.717, 1.165) is 12.5 Å². The average molecular weight is 320 g/mol. The van der Waals surface area contributed by atoms with Crippen LogP contribution in [0.2, 0.25) is 5.02 Å². The van der Waals surface area contributed by atoms with Crippen molar-refractivity contribution < 1.29 is 23.1 Å². The maximum Gasteiger partial charge on any atom is 0.337 e. The molecule has 1 atom stereocenters. The molecule has 20 heavy (non-hydrogen) atoms. The summed E-state index contributed by atoms with van der Waals surface area (Å²) in [5, 5.41) is 8.94. The lowest BCUT2D eigenvalue weighted by molar-refractivity contribution is 0.0697. The van der Waals surface area contributed by atoms with Crippen molar-refractivity contribution >= 4 is 27.6 Å². The fourth-order valence-electron chi connectivity index (χ4n) is 1.89. The number of carboxylic acid groups (broad SMARTS) is 1. The molecule has 1 aliphatic rings. The van der Waals surface area contributed by atoms with E-state index in [0.29, 0.717) is 13.2 Å². The lowest BCUT2D eigenvalue weighted by Crippen LogP contribution is -2.29. The molecule has 1 unspecified atom stereocenters. The van der Waals surface area contributed by atoms with Gasteiger partial charge in [-0.25, -0.2) is 17.9 Å². The monoisotopic (exact) mass is 319 g/mol. The fraction of sp³-hybridized carbons (Fsp3) is 0.417. The molecule has 1 saturated heterocycles. The minimum Gasteiger partial charge on any atom is -0.478 e. The fourth-order valence-corrected chi connectivity index (χ4v) is 3.23. The van der Waals surface area contributed by atoms with Gasteiger partial charge >= 0.3 is 5.97 Å². The van der Waals surface area contributed by atoms with E-state index < -0.39 is 16.0 Å². The van der Waals surface area contributed by atoms with Crippen molar-refractivity contribution in [3.8, 4) is 0 Å². The summed E-state index contributed by atoms with van der Waals surface area (Å²) in [6, 6.07) is 3.60. The van der Waals surface area contributed by atoms with E-state index in [9.17, 15) is 13.2 Å². The van der Waals surface area contributed by atoms with Crippen LogP contribution in [0.3, 0.4) is 0 Å². The molecule has 1 heterocycles. The van der Waals surface area contributed by atoms with Crippen molar-refractivity contribution in [2.75, 3.05) is 19.8 Å².